The molecule has 1 atom stereocenters. The quantitative estimate of drug-likeness (QED) is 0.508. The first-order valence-electron chi connectivity index (χ1n) is 8.66. The van der Waals surface area contributed by atoms with Crippen LogP contribution in [0.3, 0.4) is 0 Å². The van der Waals surface area contributed by atoms with E-state index in [2.05, 4.69) is 10.3 Å². The Hall–Kier alpha value is -2.63. The zero-order valence-corrected chi connectivity index (χ0v) is 16.3. The molecule has 0 saturated carbocycles. The molecular weight excluding hydrogens is 378 g/mol. The van der Waals surface area contributed by atoms with Gasteiger partial charge in [0.25, 0.3) is 0 Å². The second-order valence-electron chi connectivity index (χ2n) is 6.39. The summed E-state index contributed by atoms with van der Waals surface area (Å²) in [6.07, 6.45) is 2.30. The van der Waals surface area contributed by atoms with Crippen LogP contribution in [0.4, 0.5) is 0 Å². The second kappa shape index (κ2) is 7.55. The summed E-state index contributed by atoms with van der Waals surface area (Å²) in [4.78, 5) is 18.1. The Bertz CT molecular complexity index is 1070. The third-order valence-corrected chi connectivity index (χ3v) is 5.58. The van der Waals surface area contributed by atoms with Crippen molar-refractivity contribution in [1.29, 1.82) is 0 Å². The number of thiazole rings is 1. The highest BCUT2D eigenvalue weighted by Crippen LogP contribution is 2.24. The predicted octanol–water partition coefficient (Wildman–Crippen LogP) is 5.14. The van der Waals surface area contributed by atoms with Crippen molar-refractivity contribution >= 4 is 33.8 Å². The van der Waals surface area contributed by atoms with Gasteiger partial charge in [-0.25, -0.2) is 4.98 Å². The van der Waals surface area contributed by atoms with E-state index in [0.717, 1.165) is 27.5 Å². The Morgan fingerprint density at radius 2 is 1.93 bits per heavy atom. The minimum atomic E-state index is -0.0773. The molecule has 4 nitrogen and oxygen atoms in total. The summed E-state index contributed by atoms with van der Waals surface area (Å²) in [5.74, 6) is -0.0212. The van der Waals surface area contributed by atoms with Crippen molar-refractivity contribution in [1.82, 2.24) is 14.7 Å². The van der Waals surface area contributed by atoms with Crippen molar-refractivity contribution in [3.63, 3.8) is 0 Å². The van der Waals surface area contributed by atoms with Crippen LogP contribution < -0.4 is 5.32 Å². The predicted molar refractivity (Wildman–Crippen MR) is 110 cm³/mol. The van der Waals surface area contributed by atoms with Gasteiger partial charge >= 0.3 is 0 Å². The van der Waals surface area contributed by atoms with Crippen LogP contribution in [-0.2, 0) is 11.2 Å². The lowest BCUT2D eigenvalue weighted by Crippen LogP contribution is -2.28. The van der Waals surface area contributed by atoms with Gasteiger partial charge in [-0.3, -0.25) is 9.20 Å². The molecule has 0 aliphatic rings. The Morgan fingerprint density at radius 1 is 1.19 bits per heavy atom. The van der Waals surface area contributed by atoms with E-state index in [1.54, 1.807) is 11.3 Å². The van der Waals surface area contributed by atoms with Crippen LogP contribution in [0, 0.1) is 0 Å². The highest BCUT2D eigenvalue weighted by Gasteiger charge is 2.14. The minimum Gasteiger partial charge on any atom is -0.349 e. The average Bonchev–Trinajstić information content (AvgIpc) is 3.25. The molecule has 1 N–H and O–H groups in total. The van der Waals surface area contributed by atoms with Gasteiger partial charge in [0.15, 0.2) is 4.96 Å². The fourth-order valence-corrected chi connectivity index (χ4v) is 4.00. The molecule has 0 saturated heterocycles. The topological polar surface area (TPSA) is 46.4 Å². The van der Waals surface area contributed by atoms with E-state index < -0.39 is 0 Å². The standard InChI is InChI=1S/C21H18ClN3OS/c1-14(15-7-9-17(22)10-8-15)23-20(26)11-18-13-27-21-24-19(12-25(18)21)16-5-3-2-4-6-16/h2-10,12-14H,11H2,1H3,(H,23,26)/t14-/m1/s1. The lowest BCUT2D eigenvalue weighted by molar-refractivity contribution is -0.121. The molecule has 0 aliphatic carbocycles. The number of nitrogens with one attached hydrogen (secondary N) is 1. The summed E-state index contributed by atoms with van der Waals surface area (Å²) in [6.45, 7) is 1.97. The number of amides is 1. The Morgan fingerprint density at radius 3 is 2.67 bits per heavy atom. The largest absolute Gasteiger partial charge is 0.349 e. The minimum absolute atomic E-state index is 0.0212. The lowest BCUT2D eigenvalue weighted by Gasteiger charge is -2.14. The second-order valence-corrected chi connectivity index (χ2v) is 7.66. The van der Waals surface area contributed by atoms with E-state index >= 15 is 0 Å². The molecule has 2 aromatic carbocycles. The van der Waals surface area contributed by atoms with Gasteiger partial charge in [0.05, 0.1) is 18.2 Å². The number of fused-ring (bicyclic) bond motifs is 1. The van der Waals surface area contributed by atoms with Gasteiger partial charge < -0.3 is 5.32 Å². The zero-order valence-electron chi connectivity index (χ0n) is 14.7. The molecule has 2 aromatic heterocycles. The first kappa shape index (κ1) is 17.8. The van der Waals surface area contributed by atoms with Crippen molar-refractivity contribution in [3.05, 3.63) is 82.5 Å². The number of rotatable bonds is 5. The summed E-state index contributed by atoms with van der Waals surface area (Å²) >= 11 is 7.47. The van der Waals surface area contributed by atoms with Gasteiger partial charge in [-0.05, 0) is 24.6 Å². The molecule has 4 aromatic rings. The maximum Gasteiger partial charge on any atom is 0.226 e. The van der Waals surface area contributed by atoms with Gasteiger partial charge in [-0.15, -0.1) is 11.3 Å². The Balaban J connectivity index is 1.49. The molecule has 0 spiro atoms. The van der Waals surface area contributed by atoms with Crippen molar-refractivity contribution in [3.8, 4) is 11.3 Å². The molecule has 2 heterocycles. The van der Waals surface area contributed by atoms with Crippen LogP contribution in [0.2, 0.25) is 5.02 Å². The molecule has 1 amide bonds. The fourth-order valence-electron chi connectivity index (χ4n) is 3.00. The van der Waals surface area contributed by atoms with Crippen LogP contribution in [0.1, 0.15) is 24.2 Å². The first-order valence-corrected chi connectivity index (χ1v) is 9.91. The highest BCUT2D eigenvalue weighted by atomic mass is 35.5. The van der Waals surface area contributed by atoms with Gasteiger partial charge in [-0.2, -0.15) is 0 Å². The fraction of sp³-hybridized carbons (Fsp3) is 0.143. The smallest absolute Gasteiger partial charge is 0.226 e. The Kier molecular flexibility index (Phi) is 4.97. The van der Waals surface area contributed by atoms with Crippen molar-refractivity contribution < 1.29 is 4.79 Å². The zero-order chi connectivity index (χ0) is 18.8. The lowest BCUT2D eigenvalue weighted by atomic mass is 10.1. The number of halogens is 1. The normalized spacial score (nSPS) is 12.2. The molecule has 4 rings (SSSR count). The monoisotopic (exact) mass is 395 g/mol. The van der Waals surface area contributed by atoms with Crippen molar-refractivity contribution in [2.75, 3.05) is 0 Å². The molecule has 0 fully saturated rings. The number of aromatic nitrogens is 2. The third kappa shape index (κ3) is 3.89. The first-order chi connectivity index (χ1) is 13.1. The molecule has 0 aliphatic heterocycles. The van der Waals surface area contributed by atoms with Crippen LogP contribution in [0.15, 0.2) is 66.2 Å². The maximum atomic E-state index is 12.5. The maximum absolute atomic E-state index is 12.5. The van der Waals surface area contributed by atoms with E-state index in [1.807, 2.05) is 77.5 Å². The van der Waals surface area contributed by atoms with E-state index in [4.69, 9.17) is 11.6 Å². The van der Waals surface area contributed by atoms with E-state index in [9.17, 15) is 4.79 Å². The van der Waals surface area contributed by atoms with Crippen LogP contribution in [0.25, 0.3) is 16.2 Å². The summed E-state index contributed by atoms with van der Waals surface area (Å²) in [6, 6.07) is 17.5. The number of hydrogen-bond acceptors (Lipinski definition) is 3. The van der Waals surface area contributed by atoms with E-state index in [-0.39, 0.29) is 11.9 Å². The average molecular weight is 396 g/mol. The van der Waals surface area contributed by atoms with Gasteiger partial charge in [0.2, 0.25) is 5.91 Å². The van der Waals surface area contributed by atoms with Gasteiger partial charge in [0.1, 0.15) is 0 Å². The summed E-state index contributed by atoms with van der Waals surface area (Å²) in [5.41, 5.74) is 3.95. The Labute approximate surface area is 166 Å². The third-order valence-electron chi connectivity index (χ3n) is 4.44. The van der Waals surface area contributed by atoms with Gasteiger partial charge in [-0.1, -0.05) is 54.1 Å². The molecule has 6 heteroatoms. The molecule has 0 bridgehead atoms. The molecular formula is C21H18ClN3OS. The van der Waals surface area contributed by atoms with Gasteiger partial charge in [0, 0.05) is 27.9 Å². The number of carbonyl (C=O) groups is 1. The number of nitrogens with zero attached hydrogens (tertiary/aromatic N) is 2. The molecule has 0 unspecified atom stereocenters. The number of hydrogen-bond donors (Lipinski definition) is 1. The molecule has 27 heavy (non-hydrogen) atoms. The van der Waals surface area contributed by atoms with E-state index in [0.29, 0.717) is 11.4 Å². The van der Waals surface area contributed by atoms with Crippen LogP contribution in [0.5, 0.6) is 0 Å². The highest BCUT2D eigenvalue weighted by molar-refractivity contribution is 7.15. The molecule has 136 valence electrons. The number of carbonyl (C=O) groups excluding carboxylic acids is 1. The number of benzene rings is 2. The summed E-state index contributed by atoms with van der Waals surface area (Å²) in [7, 11) is 0. The summed E-state index contributed by atoms with van der Waals surface area (Å²) in [5, 5.41) is 5.72. The molecule has 0 radical (unpaired) electrons. The van der Waals surface area contributed by atoms with Crippen LogP contribution >= 0.6 is 22.9 Å². The number of imidazole rings is 1. The van der Waals surface area contributed by atoms with Crippen LogP contribution in [-0.4, -0.2) is 15.3 Å². The van der Waals surface area contributed by atoms with E-state index in [1.165, 1.54) is 0 Å². The SMILES string of the molecule is C[C@@H](NC(=O)Cc1csc2nc(-c3ccccc3)cn12)c1ccc(Cl)cc1. The van der Waals surface area contributed by atoms with Crippen molar-refractivity contribution in [2.24, 2.45) is 0 Å². The summed E-state index contributed by atoms with van der Waals surface area (Å²) < 4.78 is 2.00. The van der Waals surface area contributed by atoms with Crippen molar-refractivity contribution in [2.45, 2.75) is 19.4 Å².